The standard InChI is InChI=1S/C24H32N4O6S/c1-16-13-28(17(2)15-29)23(30)20-12-19(26-35(4,32)33)10-11-21(20)34-22(16)14-27(3)24(31)25-18-8-6-5-7-9-18/h5-12,16-17,22,26,29H,13-15H2,1-4H3,(H,25,31)/t16-,17-,22-/m1/s1. The first-order chi connectivity index (χ1) is 16.5. The number of hydrogen-bond donors (Lipinski definition) is 3. The minimum Gasteiger partial charge on any atom is -0.487 e. The van der Waals surface area contributed by atoms with Crippen LogP contribution < -0.4 is 14.8 Å². The minimum atomic E-state index is -3.55. The van der Waals surface area contributed by atoms with Crippen molar-refractivity contribution in [3.63, 3.8) is 0 Å². The molecule has 3 rings (SSSR count). The Kier molecular flexibility index (Phi) is 8.23. The maximum atomic E-state index is 13.4. The Labute approximate surface area is 205 Å². The summed E-state index contributed by atoms with van der Waals surface area (Å²) in [7, 11) is -1.89. The maximum absolute atomic E-state index is 13.4. The highest BCUT2D eigenvalue weighted by molar-refractivity contribution is 7.92. The zero-order valence-corrected chi connectivity index (χ0v) is 21.1. The predicted octanol–water partition coefficient (Wildman–Crippen LogP) is 2.44. The van der Waals surface area contributed by atoms with Crippen molar-refractivity contribution in [2.75, 3.05) is 43.0 Å². The molecule has 0 unspecified atom stereocenters. The van der Waals surface area contributed by atoms with Crippen molar-refractivity contribution in [3.8, 4) is 5.75 Å². The summed E-state index contributed by atoms with van der Waals surface area (Å²) >= 11 is 0. The first kappa shape index (κ1) is 26.3. The zero-order chi connectivity index (χ0) is 25.8. The van der Waals surface area contributed by atoms with Gasteiger partial charge in [-0.25, -0.2) is 13.2 Å². The predicted molar refractivity (Wildman–Crippen MR) is 134 cm³/mol. The van der Waals surface area contributed by atoms with Crippen molar-refractivity contribution >= 4 is 33.3 Å². The lowest BCUT2D eigenvalue weighted by Gasteiger charge is -2.38. The van der Waals surface area contributed by atoms with Crippen LogP contribution in [0.4, 0.5) is 16.2 Å². The molecule has 0 aromatic heterocycles. The van der Waals surface area contributed by atoms with Crippen molar-refractivity contribution < 1.29 is 27.9 Å². The van der Waals surface area contributed by atoms with Crippen molar-refractivity contribution in [1.82, 2.24) is 9.80 Å². The first-order valence-electron chi connectivity index (χ1n) is 11.3. The highest BCUT2D eigenvalue weighted by Crippen LogP contribution is 2.31. The number of carbonyl (C=O) groups is 2. The normalized spacial score (nSPS) is 19.0. The van der Waals surface area contributed by atoms with E-state index in [1.165, 1.54) is 23.1 Å². The summed E-state index contributed by atoms with van der Waals surface area (Å²) in [5, 5.41) is 12.6. The van der Waals surface area contributed by atoms with Crippen molar-refractivity contribution in [2.45, 2.75) is 26.0 Å². The van der Waals surface area contributed by atoms with E-state index in [9.17, 15) is 23.1 Å². The van der Waals surface area contributed by atoms with Gasteiger partial charge in [0.05, 0.1) is 31.0 Å². The number of ether oxygens (including phenoxy) is 1. The van der Waals surface area contributed by atoms with Gasteiger partial charge in [-0.05, 0) is 37.3 Å². The van der Waals surface area contributed by atoms with Crippen LogP contribution in [0.3, 0.4) is 0 Å². The monoisotopic (exact) mass is 504 g/mol. The number of carbonyl (C=O) groups excluding carboxylic acids is 2. The molecule has 0 radical (unpaired) electrons. The average molecular weight is 505 g/mol. The molecule has 10 nitrogen and oxygen atoms in total. The van der Waals surface area contributed by atoms with Gasteiger partial charge in [-0.1, -0.05) is 25.1 Å². The molecule has 0 fully saturated rings. The van der Waals surface area contributed by atoms with Crippen LogP contribution in [-0.4, -0.2) is 80.4 Å². The first-order valence-corrected chi connectivity index (χ1v) is 13.1. The van der Waals surface area contributed by atoms with E-state index in [1.54, 1.807) is 31.0 Å². The lowest BCUT2D eigenvalue weighted by molar-refractivity contribution is 0.0371. The summed E-state index contributed by atoms with van der Waals surface area (Å²) < 4.78 is 32.0. The van der Waals surface area contributed by atoms with Gasteiger partial charge in [0.2, 0.25) is 10.0 Å². The van der Waals surface area contributed by atoms with Crippen molar-refractivity contribution in [2.24, 2.45) is 5.92 Å². The molecule has 1 heterocycles. The van der Waals surface area contributed by atoms with Gasteiger partial charge in [-0.3, -0.25) is 9.52 Å². The Balaban J connectivity index is 1.89. The van der Waals surface area contributed by atoms with E-state index in [-0.39, 0.29) is 54.6 Å². The van der Waals surface area contributed by atoms with E-state index in [0.29, 0.717) is 5.69 Å². The van der Waals surface area contributed by atoms with E-state index < -0.39 is 22.2 Å². The van der Waals surface area contributed by atoms with Crippen LogP contribution in [0.15, 0.2) is 48.5 Å². The van der Waals surface area contributed by atoms with E-state index >= 15 is 0 Å². The SMILES string of the molecule is C[C@@H]1CN([C@H](C)CO)C(=O)c2cc(NS(C)(=O)=O)ccc2O[C@@H]1CN(C)C(=O)Nc1ccccc1. The Morgan fingerprint density at radius 2 is 1.91 bits per heavy atom. The van der Waals surface area contributed by atoms with Gasteiger partial charge >= 0.3 is 6.03 Å². The maximum Gasteiger partial charge on any atom is 0.321 e. The third-order valence-electron chi connectivity index (χ3n) is 5.79. The molecule has 0 spiro atoms. The fraction of sp³-hybridized carbons (Fsp3) is 0.417. The third-order valence-corrected chi connectivity index (χ3v) is 6.40. The second kappa shape index (κ2) is 11.0. The Hall–Kier alpha value is -3.31. The number of sulfonamides is 1. The van der Waals surface area contributed by atoms with Crippen LogP contribution in [0.2, 0.25) is 0 Å². The van der Waals surface area contributed by atoms with Gasteiger partial charge in [0.15, 0.2) is 0 Å². The van der Waals surface area contributed by atoms with Crippen LogP contribution in [-0.2, 0) is 10.0 Å². The van der Waals surface area contributed by atoms with Crippen molar-refractivity contribution in [3.05, 3.63) is 54.1 Å². The molecular formula is C24H32N4O6S. The fourth-order valence-electron chi connectivity index (χ4n) is 3.81. The molecule has 3 amide bonds. The molecule has 3 N–H and O–H groups in total. The highest BCUT2D eigenvalue weighted by atomic mass is 32.2. The van der Waals surface area contributed by atoms with Gasteiger partial charge in [0, 0.05) is 30.9 Å². The molecule has 0 saturated carbocycles. The quantitative estimate of drug-likeness (QED) is 0.531. The second-order valence-electron chi connectivity index (χ2n) is 8.88. The number of nitrogens with zero attached hydrogens (tertiary/aromatic N) is 2. The summed E-state index contributed by atoms with van der Waals surface area (Å²) in [6.07, 6.45) is 0.548. The third kappa shape index (κ3) is 6.86. The lowest BCUT2D eigenvalue weighted by atomic mass is 9.99. The summed E-state index contributed by atoms with van der Waals surface area (Å²) in [4.78, 5) is 29.2. The number of amides is 3. The van der Waals surface area contributed by atoms with E-state index in [2.05, 4.69) is 10.0 Å². The van der Waals surface area contributed by atoms with Crippen molar-refractivity contribution in [1.29, 1.82) is 0 Å². The summed E-state index contributed by atoms with van der Waals surface area (Å²) in [6, 6.07) is 12.8. The summed E-state index contributed by atoms with van der Waals surface area (Å²) in [6.45, 7) is 3.93. The molecule has 0 saturated heterocycles. The number of rotatable bonds is 7. The van der Waals surface area contributed by atoms with E-state index in [1.807, 2.05) is 25.1 Å². The smallest absolute Gasteiger partial charge is 0.321 e. The molecule has 190 valence electrons. The van der Waals surface area contributed by atoms with Crippen LogP contribution in [0.1, 0.15) is 24.2 Å². The Bertz CT molecular complexity index is 1160. The number of benzene rings is 2. The molecule has 0 aliphatic carbocycles. The summed E-state index contributed by atoms with van der Waals surface area (Å²) in [5.74, 6) is -0.279. The van der Waals surface area contributed by atoms with Gasteiger partial charge in [-0.2, -0.15) is 0 Å². The molecule has 2 aromatic carbocycles. The number of nitrogens with one attached hydrogen (secondary N) is 2. The molecule has 35 heavy (non-hydrogen) atoms. The van der Waals surface area contributed by atoms with E-state index in [4.69, 9.17) is 4.74 Å². The number of hydrogen-bond acceptors (Lipinski definition) is 6. The lowest BCUT2D eigenvalue weighted by Crippen LogP contribution is -2.50. The molecule has 3 atom stereocenters. The fourth-order valence-corrected chi connectivity index (χ4v) is 4.37. The Morgan fingerprint density at radius 3 is 2.54 bits per heavy atom. The molecule has 1 aliphatic rings. The minimum absolute atomic E-state index is 0.173. The van der Waals surface area contributed by atoms with Crippen LogP contribution in [0.5, 0.6) is 5.75 Å². The highest BCUT2D eigenvalue weighted by Gasteiger charge is 2.34. The molecule has 11 heteroatoms. The van der Waals surface area contributed by atoms with Gasteiger partial charge in [0.25, 0.3) is 5.91 Å². The second-order valence-corrected chi connectivity index (χ2v) is 10.6. The zero-order valence-electron chi connectivity index (χ0n) is 20.3. The van der Waals surface area contributed by atoms with Crippen LogP contribution in [0.25, 0.3) is 0 Å². The molecule has 1 aliphatic heterocycles. The topological polar surface area (TPSA) is 128 Å². The number of fused-ring (bicyclic) bond motifs is 1. The number of aliphatic hydroxyl groups excluding tert-OH is 1. The average Bonchev–Trinajstić information content (AvgIpc) is 2.80. The van der Waals surface area contributed by atoms with Gasteiger partial charge in [-0.15, -0.1) is 0 Å². The van der Waals surface area contributed by atoms with E-state index in [0.717, 1.165) is 6.26 Å². The number of likely N-dealkylation sites (N-methyl/N-ethyl adjacent to an activating group) is 1. The number of urea groups is 1. The molecular weight excluding hydrogens is 472 g/mol. The van der Waals surface area contributed by atoms with Crippen LogP contribution in [0, 0.1) is 5.92 Å². The molecule has 0 bridgehead atoms. The Morgan fingerprint density at radius 1 is 1.23 bits per heavy atom. The van der Waals surface area contributed by atoms with Gasteiger partial charge in [0.1, 0.15) is 11.9 Å². The largest absolute Gasteiger partial charge is 0.487 e. The number of para-hydroxylation sites is 1. The summed E-state index contributed by atoms with van der Waals surface area (Å²) in [5.41, 5.74) is 1.07. The van der Waals surface area contributed by atoms with Gasteiger partial charge < -0.3 is 25.0 Å². The molecule has 2 aromatic rings. The van der Waals surface area contributed by atoms with Crippen LogP contribution >= 0.6 is 0 Å². The number of anilines is 2. The number of aliphatic hydroxyl groups is 1.